The highest BCUT2D eigenvalue weighted by Gasteiger charge is 2.19. The van der Waals surface area contributed by atoms with Gasteiger partial charge in [-0.25, -0.2) is 13.6 Å². The van der Waals surface area contributed by atoms with Gasteiger partial charge >= 0.3 is 6.72 Å². The van der Waals surface area contributed by atoms with Gasteiger partial charge in [0.1, 0.15) is 5.75 Å². The van der Waals surface area contributed by atoms with Crippen LogP contribution in [0, 0.1) is 0 Å². The SMILES string of the molecule is COP(=S)(OC)Oc1cccc(S(N)(=O)=O)c1. The Balaban J connectivity index is 3.06. The number of nitrogens with two attached hydrogens (primary N) is 1. The predicted octanol–water partition coefficient (Wildman–Crippen LogP) is 1.23. The van der Waals surface area contributed by atoms with E-state index in [-0.39, 0.29) is 10.6 Å². The second-order valence-electron chi connectivity index (χ2n) is 2.92. The van der Waals surface area contributed by atoms with Crippen molar-refractivity contribution in [3.63, 3.8) is 0 Å². The van der Waals surface area contributed by atoms with Crippen LogP contribution in [0.4, 0.5) is 0 Å². The molecule has 0 aliphatic rings. The zero-order valence-electron chi connectivity index (χ0n) is 9.19. The van der Waals surface area contributed by atoms with Crippen molar-refractivity contribution in [3.05, 3.63) is 24.3 Å². The Labute approximate surface area is 105 Å². The molecule has 1 rings (SSSR count). The van der Waals surface area contributed by atoms with Crippen molar-refractivity contribution in [2.24, 2.45) is 5.14 Å². The lowest BCUT2D eigenvalue weighted by molar-refractivity contribution is 0.273. The van der Waals surface area contributed by atoms with Crippen LogP contribution >= 0.6 is 6.72 Å². The van der Waals surface area contributed by atoms with Crippen molar-refractivity contribution in [1.82, 2.24) is 0 Å². The number of hydrogen-bond acceptors (Lipinski definition) is 6. The molecule has 17 heavy (non-hydrogen) atoms. The highest BCUT2D eigenvalue weighted by molar-refractivity contribution is 8.07. The molecule has 0 aliphatic carbocycles. The Bertz CT molecular complexity index is 537. The van der Waals surface area contributed by atoms with Gasteiger partial charge in [-0.05, 0) is 12.1 Å². The van der Waals surface area contributed by atoms with Crippen LogP contribution in [0.15, 0.2) is 29.2 Å². The van der Waals surface area contributed by atoms with E-state index in [1.54, 1.807) is 0 Å². The quantitative estimate of drug-likeness (QED) is 0.822. The van der Waals surface area contributed by atoms with Gasteiger partial charge < -0.3 is 13.6 Å². The lowest BCUT2D eigenvalue weighted by Crippen LogP contribution is -2.12. The summed E-state index contributed by atoms with van der Waals surface area (Å²) in [5, 5.41) is 4.99. The van der Waals surface area contributed by atoms with Gasteiger partial charge in [0.15, 0.2) is 0 Å². The van der Waals surface area contributed by atoms with Gasteiger partial charge in [-0.3, -0.25) is 0 Å². The first-order chi connectivity index (χ1) is 7.80. The van der Waals surface area contributed by atoms with Crippen molar-refractivity contribution in [3.8, 4) is 5.75 Å². The van der Waals surface area contributed by atoms with Crippen molar-refractivity contribution in [1.29, 1.82) is 0 Å². The lowest BCUT2D eigenvalue weighted by Gasteiger charge is -2.18. The Morgan fingerprint density at radius 3 is 2.35 bits per heavy atom. The maximum atomic E-state index is 11.1. The van der Waals surface area contributed by atoms with Crippen LogP contribution in [-0.2, 0) is 30.9 Å². The summed E-state index contributed by atoms with van der Waals surface area (Å²) in [5.74, 6) is 0.226. The maximum Gasteiger partial charge on any atom is 0.380 e. The smallest absolute Gasteiger partial charge is 0.380 e. The van der Waals surface area contributed by atoms with Crippen LogP contribution in [0.5, 0.6) is 5.75 Å². The van der Waals surface area contributed by atoms with E-state index in [0.717, 1.165) is 0 Å². The molecular formula is C8H12NO5PS2. The normalized spacial score (nSPS) is 12.4. The van der Waals surface area contributed by atoms with E-state index >= 15 is 0 Å². The van der Waals surface area contributed by atoms with Crippen molar-refractivity contribution in [2.45, 2.75) is 4.90 Å². The molecule has 0 radical (unpaired) electrons. The molecule has 0 heterocycles. The van der Waals surface area contributed by atoms with Crippen molar-refractivity contribution in [2.75, 3.05) is 14.2 Å². The first-order valence-corrected chi connectivity index (χ1v) is 8.45. The van der Waals surface area contributed by atoms with Crippen molar-refractivity contribution < 1.29 is 22.0 Å². The third-order valence-electron chi connectivity index (χ3n) is 1.80. The maximum absolute atomic E-state index is 11.1. The summed E-state index contributed by atoms with van der Waals surface area (Å²) in [4.78, 5) is -0.0660. The van der Waals surface area contributed by atoms with Crippen LogP contribution in [0.2, 0.25) is 0 Å². The summed E-state index contributed by atoms with van der Waals surface area (Å²) in [6, 6.07) is 5.63. The molecular weight excluding hydrogens is 285 g/mol. The van der Waals surface area contributed by atoms with Gasteiger partial charge in [-0.1, -0.05) is 6.07 Å². The molecule has 0 saturated heterocycles. The molecule has 0 aliphatic heterocycles. The average molecular weight is 297 g/mol. The molecule has 0 spiro atoms. The second kappa shape index (κ2) is 5.43. The second-order valence-corrected chi connectivity index (χ2v) is 7.63. The summed E-state index contributed by atoms with van der Waals surface area (Å²) in [6.07, 6.45) is 0. The predicted molar refractivity (Wildman–Crippen MR) is 66.7 cm³/mol. The number of rotatable bonds is 5. The average Bonchev–Trinajstić information content (AvgIpc) is 2.28. The number of primary sulfonamides is 1. The van der Waals surface area contributed by atoms with E-state index in [9.17, 15) is 8.42 Å². The summed E-state index contributed by atoms with van der Waals surface area (Å²) >= 11 is 4.99. The summed E-state index contributed by atoms with van der Waals surface area (Å²) < 4.78 is 37.4. The van der Waals surface area contributed by atoms with E-state index in [0.29, 0.717) is 0 Å². The zero-order chi connectivity index (χ0) is 13.1. The molecule has 9 heteroatoms. The van der Waals surface area contributed by atoms with Gasteiger partial charge in [-0.15, -0.1) is 0 Å². The highest BCUT2D eigenvalue weighted by atomic mass is 32.5. The molecule has 2 N–H and O–H groups in total. The fraction of sp³-hybridized carbons (Fsp3) is 0.250. The number of benzene rings is 1. The molecule has 0 bridgehead atoms. The molecule has 1 aromatic rings. The van der Waals surface area contributed by atoms with E-state index in [1.807, 2.05) is 0 Å². The van der Waals surface area contributed by atoms with E-state index in [1.165, 1.54) is 38.5 Å². The van der Waals surface area contributed by atoms with Crippen LogP contribution in [0.3, 0.4) is 0 Å². The van der Waals surface area contributed by atoms with Gasteiger partial charge in [-0.2, -0.15) is 0 Å². The zero-order valence-corrected chi connectivity index (χ0v) is 11.7. The van der Waals surface area contributed by atoms with Crippen LogP contribution in [0.25, 0.3) is 0 Å². The minimum absolute atomic E-state index is 0.0660. The van der Waals surface area contributed by atoms with Gasteiger partial charge in [0.25, 0.3) is 0 Å². The Morgan fingerprint density at radius 2 is 1.88 bits per heavy atom. The Hall–Kier alpha value is -0.500. The minimum Gasteiger partial charge on any atom is -0.424 e. The minimum atomic E-state index is -3.78. The monoisotopic (exact) mass is 297 g/mol. The van der Waals surface area contributed by atoms with Crippen LogP contribution < -0.4 is 9.66 Å². The highest BCUT2D eigenvalue weighted by Crippen LogP contribution is 2.48. The molecule has 0 fully saturated rings. The standard InChI is InChI=1S/C8H12NO5PS2/c1-12-15(16,13-2)14-7-4-3-5-8(6-7)17(9,10)11/h3-6H,1-2H3,(H2,9,10,11). The molecule has 0 unspecified atom stereocenters. The van der Waals surface area contributed by atoms with Gasteiger partial charge in [0, 0.05) is 32.1 Å². The van der Waals surface area contributed by atoms with Crippen LogP contribution in [0.1, 0.15) is 0 Å². The van der Waals surface area contributed by atoms with E-state index in [4.69, 9.17) is 30.5 Å². The first-order valence-electron chi connectivity index (χ1n) is 4.35. The molecule has 0 saturated carbocycles. The molecule has 0 aromatic heterocycles. The first kappa shape index (κ1) is 14.6. The summed E-state index contributed by atoms with van der Waals surface area (Å²) in [7, 11) is -1.07. The molecule has 0 amide bonds. The fourth-order valence-corrected chi connectivity index (χ4v) is 2.46. The Morgan fingerprint density at radius 1 is 1.29 bits per heavy atom. The third kappa shape index (κ3) is 4.02. The van der Waals surface area contributed by atoms with E-state index in [2.05, 4.69) is 0 Å². The fourth-order valence-electron chi connectivity index (χ4n) is 0.986. The molecule has 1 aromatic carbocycles. The molecule has 6 nitrogen and oxygen atoms in total. The summed E-state index contributed by atoms with van der Waals surface area (Å²) in [5.41, 5.74) is 0. The van der Waals surface area contributed by atoms with E-state index < -0.39 is 16.7 Å². The van der Waals surface area contributed by atoms with Gasteiger partial charge in [0.05, 0.1) is 4.90 Å². The lowest BCUT2D eigenvalue weighted by atomic mass is 10.3. The largest absolute Gasteiger partial charge is 0.424 e. The van der Waals surface area contributed by atoms with Crippen LogP contribution in [-0.4, -0.2) is 22.6 Å². The number of hydrogen-bond donors (Lipinski definition) is 1. The van der Waals surface area contributed by atoms with Gasteiger partial charge in [0.2, 0.25) is 10.0 Å². The third-order valence-corrected chi connectivity index (χ3v) is 5.16. The Kier molecular flexibility index (Phi) is 4.65. The molecule has 96 valence electrons. The van der Waals surface area contributed by atoms with Crippen molar-refractivity contribution >= 4 is 28.5 Å². The number of sulfonamides is 1. The molecule has 0 atom stereocenters. The topological polar surface area (TPSA) is 87.8 Å². The summed E-state index contributed by atoms with van der Waals surface area (Å²) in [6.45, 7) is -2.88.